The quantitative estimate of drug-likeness (QED) is 0.591. The maximum absolute atomic E-state index is 11.6. The fourth-order valence-electron chi connectivity index (χ4n) is 1.48. The fraction of sp³-hybridized carbons (Fsp3) is 0.846. The number of carboxylic acid groups (broad SMARTS) is 1. The van der Waals surface area contributed by atoms with E-state index in [1.54, 1.807) is 0 Å². The number of aliphatic carboxylic acids is 1. The molecule has 0 aromatic carbocycles. The van der Waals surface area contributed by atoms with Crippen LogP contribution in [0.25, 0.3) is 0 Å². The number of hydrogen-bond donors (Lipinski definition) is 3. The van der Waals surface area contributed by atoms with Crippen molar-refractivity contribution >= 4 is 12.0 Å². The predicted octanol–water partition coefficient (Wildman–Crippen LogP) is 1.27. The lowest BCUT2D eigenvalue weighted by Gasteiger charge is -2.21. The third-order valence-electron chi connectivity index (χ3n) is 3.08. The van der Waals surface area contributed by atoms with Crippen molar-refractivity contribution in [2.75, 3.05) is 20.1 Å². The Hall–Kier alpha value is -1.30. The molecule has 6 nitrogen and oxygen atoms in total. The SMILES string of the molecule is CCCC[C@H](NC(=O)NCCN(C)C(C)C)C(=O)O. The van der Waals surface area contributed by atoms with Crippen LogP contribution in [-0.2, 0) is 4.79 Å². The lowest BCUT2D eigenvalue weighted by Crippen LogP contribution is -2.47. The number of unbranched alkanes of at least 4 members (excludes halogenated alkanes) is 1. The van der Waals surface area contributed by atoms with Gasteiger partial charge in [-0.3, -0.25) is 0 Å². The molecule has 19 heavy (non-hydrogen) atoms. The summed E-state index contributed by atoms with van der Waals surface area (Å²) in [5.74, 6) is -0.983. The summed E-state index contributed by atoms with van der Waals surface area (Å²) >= 11 is 0. The highest BCUT2D eigenvalue weighted by Gasteiger charge is 2.18. The van der Waals surface area contributed by atoms with E-state index in [0.29, 0.717) is 19.0 Å². The van der Waals surface area contributed by atoms with Gasteiger partial charge in [0.15, 0.2) is 0 Å². The number of likely N-dealkylation sites (N-methyl/N-ethyl adjacent to an activating group) is 1. The van der Waals surface area contributed by atoms with Crippen LogP contribution in [0.4, 0.5) is 4.79 Å². The van der Waals surface area contributed by atoms with Crippen LogP contribution in [0.3, 0.4) is 0 Å². The van der Waals surface area contributed by atoms with E-state index in [-0.39, 0.29) is 0 Å². The van der Waals surface area contributed by atoms with Crippen molar-refractivity contribution in [2.24, 2.45) is 0 Å². The minimum Gasteiger partial charge on any atom is -0.480 e. The zero-order chi connectivity index (χ0) is 14.8. The summed E-state index contributed by atoms with van der Waals surface area (Å²) in [5.41, 5.74) is 0. The van der Waals surface area contributed by atoms with Gasteiger partial charge in [-0.25, -0.2) is 9.59 Å². The molecule has 1 atom stereocenters. The number of nitrogens with one attached hydrogen (secondary N) is 2. The molecule has 0 spiro atoms. The minimum atomic E-state index is -0.983. The molecular formula is C13H27N3O3. The summed E-state index contributed by atoms with van der Waals surface area (Å²) in [6.45, 7) is 7.37. The van der Waals surface area contributed by atoms with Crippen molar-refractivity contribution in [1.29, 1.82) is 0 Å². The molecular weight excluding hydrogens is 246 g/mol. The largest absolute Gasteiger partial charge is 0.480 e. The third kappa shape index (κ3) is 8.42. The Morgan fingerprint density at radius 1 is 1.32 bits per heavy atom. The summed E-state index contributed by atoms with van der Waals surface area (Å²) < 4.78 is 0. The second-order valence-electron chi connectivity index (χ2n) is 5.01. The van der Waals surface area contributed by atoms with Gasteiger partial charge in [0.05, 0.1) is 0 Å². The Bertz CT molecular complexity index is 282. The van der Waals surface area contributed by atoms with E-state index in [1.807, 2.05) is 14.0 Å². The smallest absolute Gasteiger partial charge is 0.326 e. The van der Waals surface area contributed by atoms with Crippen LogP contribution in [0.15, 0.2) is 0 Å². The van der Waals surface area contributed by atoms with E-state index in [1.165, 1.54) is 0 Å². The van der Waals surface area contributed by atoms with Crippen LogP contribution in [-0.4, -0.2) is 54.2 Å². The molecule has 0 bridgehead atoms. The van der Waals surface area contributed by atoms with Gasteiger partial charge < -0.3 is 20.6 Å². The van der Waals surface area contributed by atoms with Crippen LogP contribution >= 0.6 is 0 Å². The molecule has 112 valence electrons. The lowest BCUT2D eigenvalue weighted by molar-refractivity contribution is -0.139. The second-order valence-corrected chi connectivity index (χ2v) is 5.01. The Balaban J connectivity index is 3.96. The van der Waals surface area contributed by atoms with Crippen LogP contribution in [0, 0.1) is 0 Å². The van der Waals surface area contributed by atoms with E-state index in [0.717, 1.165) is 19.4 Å². The number of hydrogen-bond acceptors (Lipinski definition) is 3. The van der Waals surface area contributed by atoms with Gasteiger partial charge in [-0.15, -0.1) is 0 Å². The van der Waals surface area contributed by atoms with Gasteiger partial charge >= 0.3 is 12.0 Å². The highest BCUT2D eigenvalue weighted by molar-refractivity contribution is 5.82. The zero-order valence-corrected chi connectivity index (χ0v) is 12.4. The summed E-state index contributed by atoms with van der Waals surface area (Å²) in [7, 11) is 1.98. The number of rotatable bonds is 9. The van der Waals surface area contributed by atoms with E-state index in [4.69, 9.17) is 5.11 Å². The molecule has 0 radical (unpaired) electrons. The Morgan fingerprint density at radius 2 is 1.95 bits per heavy atom. The fourth-order valence-corrected chi connectivity index (χ4v) is 1.48. The monoisotopic (exact) mass is 273 g/mol. The molecule has 2 amide bonds. The Kier molecular flexibility index (Phi) is 8.95. The van der Waals surface area contributed by atoms with E-state index < -0.39 is 18.0 Å². The van der Waals surface area contributed by atoms with Gasteiger partial charge in [-0.2, -0.15) is 0 Å². The number of carbonyl (C=O) groups is 2. The molecule has 0 aromatic rings. The molecule has 0 aromatic heterocycles. The normalized spacial score (nSPS) is 12.5. The van der Waals surface area contributed by atoms with Gasteiger partial charge in [0.1, 0.15) is 6.04 Å². The number of urea groups is 1. The maximum Gasteiger partial charge on any atom is 0.326 e. The molecule has 0 heterocycles. The van der Waals surface area contributed by atoms with Gasteiger partial charge in [0.2, 0.25) is 0 Å². The molecule has 0 aliphatic heterocycles. The van der Waals surface area contributed by atoms with Crippen molar-refractivity contribution in [3.63, 3.8) is 0 Å². The highest BCUT2D eigenvalue weighted by Crippen LogP contribution is 2.00. The Morgan fingerprint density at radius 3 is 2.42 bits per heavy atom. The summed E-state index contributed by atoms with van der Waals surface area (Å²) in [4.78, 5) is 24.6. The first-order valence-electron chi connectivity index (χ1n) is 6.85. The van der Waals surface area contributed by atoms with Crippen molar-refractivity contribution < 1.29 is 14.7 Å². The second kappa shape index (κ2) is 9.61. The first kappa shape index (κ1) is 17.7. The molecule has 0 unspecified atom stereocenters. The molecule has 0 aliphatic carbocycles. The topological polar surface area (TPSA) is 81.7 Å². The van der Waals surface area contributed by atoms with Crippen molar-refractivity contribution in [3.05, 3.63) is 0 Å². The number of carboxylic acids is 1. The van der Waals surface area contributed by atoms with Crippen LogP contribution in [0.5, 0.6) is 0 Å². The predicted molar refractivity (Wildman–Crippen MR) is 75.2 cm³/mol. The number of amides is 2. The third-order valence-corrected chi connectivity index (χ3v) is 3.08. The van der Waals surface area contributed by atoms with Crippen molar-refractivity contribution in [2.45, 2.75) is 52.1 Å². The molecule has 0 saturated carbocycles. The summed E-state index contributed by atoms with van der Waals surface area (Å²) in [5, 5.41) is 14.1. The van der Waals surface area contributed by atoms with Gasteiger partial charge in [-0.05, 0) is 27.3 Å². The average molecular weight is 273 g/mol. The molecule has 0 fully saturated rings. The summed E-state index contributed by atoms with van der Waals surface area (Å²) in [6, 6.07) is -0.801. The van der Waals surface area contributed by atoms with E-state index in [9.17, 15) is 9.59 Å². The highest BCUT2D eigenvalue weighted by atomic mass is 16.4. The van der Waals surface area contributed by atoms with Gasteiger partial charge in [-0.1, -0.05) is 19.8 Å². The van der Waals surface area contributed by atoms with E-state index >= 15 is 0 Å². The lowest BCUT2D eigenvalue weighted by atomic mass is 10.1. The Labute approximate surface area is 115 Å². The van der Waals surface area contributed by atoms with Crippen LogP contribution in [0.2, 0.25) is 0 Å². The van der Waals surface area contributed by atoms with Crippen LogP contribution < -0.4 is 10.6 Å². The molecule has 0 rings (SSSR count). The molecule has 3 N–H and O–H groups in total. The summed E-state index contributed by atoms with van der Waals surface area (Å²) in [6.07, 6.45) is 2.16. The van der Waals surface area contributed by atoms with Crippen molar-refractivity contribution in [3.8, 4) is 0 Å². The van der Waals surface area contributed by atoms with Crippen LogP contribution in [0.1, 0.15) is 40.0 Å². The first-order chi connectivity index (χ1) is 8.88. The molecule has 0 saturated heterocycles. The molecule has 0 aliphatic rings. The average Bonchev–Trinajstić information content (AvgIpc) is 2.33. The van der Waals surface area contributed by atoms with Crippen molar-refractivity contribution in [1.82, 2.24) is 15.5 Å². The minimum absolute atomic E-state index is 0.416. The standard InChI is InChI=1S/C13H27N3O3/c1-5-6-7-11(12(17)18)15-13(19)14-8-9-16(4)10(2)3/h10-11H,5-9H2,1-4H3,(H,17,18)(H2,14,15,19)/t11-/m0/s1. The molecule has 6 heteroatoms. The van der Waals surface area contributed by atoms with E-state index in [2.05, 4.69) is 29.4 Å². The number of nitrogens with zero attached hydrogens (tertiary/aromatic N) is 1. The zero-order valence-electron chi connectivity index (χ0n) is 12.4. The number of carbonyl (C=O) groups excluding carboxylic acids is 1. The van der Waals surface area contributed by atoms with Gasteiger partial charge in [0.25, 0.3) is 0 Å². The maximum atomic E-state index is 11.6. The van der Waals surface area contributed by atoms with Gasteiger partial charge in [0, 0.05) is 19.1 Å². The first-order valence-corrected chi connectivity index (χ1v) is 6.85.